The number of ether oxygens (including phenoxy) is 2. The first-order valence-corrected chi connectivity index (χ1v) is 7.50. The normalized spacial score (nSPS) is 10.2. The van der Waals surface area contributed by atoms with Crippen molar-refractivity contribution in [1.82, 2.24) is 0 Å². The highest BCUT2D eigenvalue weighted by atomic mass is 16.5. The quantitative estimate of drug-likeness (QED) is 0.711. The molecule has 24 heavy (non-hydrogen) atoms. The minimum absolute atomic E-state index is 0.107. The predicted octanol–water partition coefficient (Wildman–Crippen LogP) is 4.76. The molecule has 0 saturated carbocycles. The molecule has 0 saturated heterocycles. The zero-order chi connectivity index (χ0) is 16.8. The van der Waals surface area contributed by atoms with E-state index in [0.717, 1.165) is 5.56 Å². The van der Waals surface area contributed by atoms with E-state index in [1.165, 1.54) is 6.07 Å². The summed E-state index contributed by atoms with van der Waals surface area (Å²) in [7, 11) is 0. The number of carbonyl (C=O) groups is 1. The number of benzene rings is 3. The molecule has 0 radical (unpaired) electrons. The van der Waals surface area contributed by atoms with Crippen LogP contribution in [0.3, 0.4) is 0 Å². The van der Waals surface area contributed by atoms with Gasteiger partial charge in [0, 0.05) is 0 Å². The maximum absolute atomic E-state index is 11.3. The average Bonchev–Trinajstić information content (AvgIpc) is 2.62. The first-order valence-electron chi connectivity index (χ1n) is 7.50. The van der Waals surface area contributed by atoms with Crippen LogP contribution in [0, 0.1) is 0 Å². The summed E-state index contributed by atoms with van der Waals surface area (Å²) in [5.41, 5.74) is 1.15. The lowest BCUT2D eigenvalue weighted by Gasteiger charge is -2.13. The molecule has 3 aromatic rings. The molecule has 0 spiro atoms. The van der Waals surface area contributed by atoms with Crippen LogP contribution >= 0.6 is 0 Å². The zero-order valence-electron chi connectivity index (χ0n) is 12.9. The van der Waals surface area contributed by atoms with Crippen molar-refractivity contribution in [2.24, 2.45) is 0 Å². The van der Waals surface area contributed by atoms with Crippen molar-refractivity contribution >= 4 is 5.97 Å². The van der Waals surface area contributed by atoms with Crippen LogP contribution in [0.4, 0.5) is 0 Å². The molecule has 0 fully saturated rings. The van der Waals surface area contributed by atoms with E-state index in [9.17, 15) is 9.90 Å². The Morgan fingerprint density at radius 3 is 2.04 bits per heavy atom. The summed E-state index contributed by atoms with van der Waals surface area (Å²) in [5, 5.41) is 9.25. The Balaban J connectivity index is 1.81. The van der Waals surface area contributed by atoms with Gasteiger partial charge in [-0.1, -0.05) is 54.6 Å². The van der Waals surface area contributed by atoms with E-state index in [-0.39, 0.29) is 11.3 Å². The van der Waals surface area contributed by atoms with Crippen molar-refractivity contribution in [3.8, 4) is 17.2 Å². The summed E-state index contributed by atoms with van der Waals surface area (Å²) in [6, 6.07) is 23.5. The summed E-state index contributed by atoms with van der Waals surface area (Å²) >= 11 is 0. The molecule has 0 aliphatic carbocycles. The number of hydrogen-bond donors (Lipinski definition) is 1. The van der Waals surface area contributed by atoms with Crippen LogP contribution in [0.1, 0.15) is 15.9 Å². The van der Waals surface area contributed by atoms with Gasteiger partial charge >= 0.3 is 5.97 Å². The summed E-state index contributed by atoms with van der Waals surface area (Å²) < 4.78 is 11.6. The summed E-state index contributed by atoms with van der Waals surface area (Å²) in [6.07, 6.45) is 0. The average molecular weight is 320 g/mol. The van der Waals surface area contributed by atoms with Gasteiger partial charge in [-0.3, -0.25) is 0 Å². The number of hydrogen-bond acceptors (Lipinski definition) is 3. The Morgan fingerprint density at radius 1 is 0.750 bits per heavy atom. The number of rotatable bonds is 6. The van der Waals surface area contributed by atoms with Gasteiger partial charge in [0.2, 0.25) is 0 Å². The second-order valence-corrected chi connectivity index (χ2v) is 5.12. The smallest absolute Gasteiger partial charge is 0.339 e. The molecule has 3 aromatic carbocycles. The molecule has 0 aliphatic heterocycles. The SMILES string of the molecule is O=C(O)c1ccccc1Oc1ccccc1OCc1ccccc1. The van der Waals surface area contributed by atoms with E-state index in [4.69, 9.17) is 9.47 Å². The fraction of sp³-hybridized carbons (Fsp3) is 0.0500. The largest absolute Gasteiger partial charge is 0.485 e. The van der Waals surface area contributed by atoms with Crippen LogP contribution in [0.2, 0.25) is 0 Å². The first kappa shape index (κ1) is 15.6. The lowest BCUT2D eigenvalue weighted by Crippen LogP contribution is -2.01. The van der Waals surface area contributed by atoms with Crippen LogP contribution in [0.5, 0.6) is 17.2 Å². The van der Waals surface area contributed by atoms with E-state index in [1.807, 2.05) is 42.5 Å². The standard InChI is InChI=1S/C20H16O4/c21-20(22)16-10-4-5-11-17(16)24-19-13-7-6-12-18(19)23-14-15-8-2-1-3-9-15/h1-13H,14H2,(H,21,22). The molecular weight excluding hydrogens is 304 g/mol. The molecule has 0 unspecified atom stereocenters. The lowest BCUT2D eigenvalue weighted by molar-refractivity contribution is 0.0694. The number of para-hydroxylation sites is 3. The van der Waals surface area contributed by atoms with Crippen molar-refractivity contribution in [1.29, 1.82) is 0 Å². The van der Waals surface area contributed by atoms with Gasteiger partial charge in [0.05, 0.1) is 0 Å². The highest BCUT2D eigenvalue weighted by Crippen LogP contribution is 2.33. The van der Waals surface area contributed by atoms with Crippen molar-refractivity contribution in [2.75, 3.05) is 0 Å². The molecule has 0 aliphatic rings. The molecule has 0 aromatic heterocycles. The van der Waals surface area contributed by atoms with Gasteiger partial charge in [0.1, 0.15) is 17.9 Å². The first-order chi connectivity index (χ1) is 11.7. The highest BCUT2D eigenvalue weighted by molar-refractivity contribution is 5.90. The van der Waals surface area contributed by atoms with Crippen LogP contribution < -0.4 is 9.47 Å². The topological polar surface area (TPSA) is 55.8 Å². The van der Waals surface area contributed by atoms with Gasteiger partial charge < -0.3 is 14.6 Å². The van der Waals surface area contributed by atoms with Crippen LogP contribution in [-0.2, 0) is 6.61 Å². The lowest BCUT2D eigenvalue weighted by atomic mass is 10.2. The molecule has 0 atom stereocenters. The maximum Gasteiger partial charge on any atom is 0.339 e. The third-order valence-electron chi connectivity index (χ3n) is 3.42. The summed E-state index contributed by atoms with van der Waals surface area (Å²) in [5.74, 6) is 0.276. The molecule has 0 bridgehead atoms. The Morgan fingerprint density at radius 2 is 1.33 bits per heavy atom. The van der Waals surface area contributed by atoms with E-state index in [1.54, 1.807) is 30.3 Å². The van der Waals surface area contributed by atoms with Gasteiger partial charge in [-0.25, -0.2) is 4.79 Å². The molecule has 3 rings (SSSR count). The zero-order valence-corrected chi connectivity index (χ0v) is 12.9. The van der Waals surface area contributed by atoms with E-state index < -0.39 is 5.97 Å². The van der Waals surface area contributed by atoms with Crippen LogP contribution in [0.25, 0.3) is 0 Å². The molecule has 1 N–H and O–H groups in total. The van der Waals surface area contributed by atoms with Crippen molar-refractivity contribution in [2.45, 2.75) is 6.61 Å². The molecule has 0 heterocycles. The van der Waals surface area contributed by atoms with Crippen molar-refractivity contribution < 1.29 is 19.4 Å². The van der Waals surface area contributed by atoms with E-state index >= 15 is 0 Å². The Bertz CT molecular complexity index is 828. The Kier molecular flexibility index (Phi) is 4.77. The maximum atomic E-state index is 11.3. The fourth-order valence-corrected chi connectivity index (χ4v) is 2.24. The van der Waals surface area contributed by atoms with Crippen molar-refractivity contribution in [3.05, 3.63) is 90.0 Å². The molecule has 120 valence electrons. The van der Waals surface area contributed by atoms with Gasteiger partial charge in [-0.15, -0.1) is 0 Å². The van der Waals surface area contributed by atoms with Gasteiger partial charge in [-0.05, 0) is 29.8 Å². The summed E-state index contributed by atoms with van der Waals surface area (Å²) in [6.45, 7) is 0.405. The monoisotopic (exact) mass is 320 g/mol. The number of carboxylic acids is 1. The predicted molar refractivity (Wildman–Crippen MR) is 90.7 cm³/mol. The second kappa shape index (κ2) is 7.33. The van der Waals surface area contributed by atoms with Gasteiger partial charge in [0.15, 0.2) is 11.5 Å². The minimum Gasteiger partial charge on any atom is -0.485 e. The molecule has 4 heteroatoms. The second-order valence-electron chi connectivity index (χ2n) is 5.12. The van der Waals surface area contributed by atoms with Gasteiger partial charge in [-0.2, -0.15) is 0 Å². The summed E-state index contributed by atoms with van der Waals surface area (Å²) in [4.78, 5) is 11.3. The molecule has 4 nitrogen and oxygen atoms in total. The van der Waals surface area contributed by atoms with Crippen LogP contribution in [-0.4, -0.2) is 11.1 Å². The van der Waals surface area contributed by atoms with Gasteiger partial charge in [0.25, 0.3) is 0 Å². The molecular formula is C20H16O4. The van der Waals surface area contributed by atoms with E-state index in [0.29, 0.717) is 18.1 Å². The third-order valence-corrected chi connectivity index (χ3v) is 3.42. The van der Waals surface area contributed by atoms with E-state index in [2.05, 4.69) is 0 Å². The third kappa shape index (κ3) is 3.73. The van der Waals surface area contributed by atoms with Crippen molar-refractivity contribution in [3.63, 3.8) is 0 Å². The Hall–Kier alpha value is -3.27. The molecule has 0 amide bonds. The Labute approximate surface area is 139 Å². The fourth-order valence-electron chi connectivity index (χ4n) is 2.24. The minimum atomic E-state index is -1.03. The number of aromatic carboxylic acids is 1. The van der Waals surface area contributed by atoms with Crippen LogP contribution in [0.15, 0.2) is 78.9 Å². The number of carboxylic acid groups (broad SMARTS) is 1. The highest BCUT2D eigenvalue weighted by Gasteiger charge is 2.13.